The Hall–Kier alpha value is -3.65. The van der Waals surface area contributed by atoms with Gasteiger partial charge in [0.1, 0.15) is 5.76 Å². The third-order valence-corrected chi connectivity index (χ3v) is 5.92. The number of fused-ring (bicyclic) bond motifs is 1. The molecule has 2 aliphatic rings. The highest BCUT2D eigenvalue weighted by atomic mass is 79.9. The number of benzene rings is 2. The van der Waals surface area contributed by atoms with E-state index in [0.717, 1.165) is 10.0 Å². The van der Waals surface area contributed by atoms with Crippen LogP contribution in [0.2, 0.25) is 0 Å². The number of aliphatic hydroxyl groups is 1. The van der Waals surface area contributed by atoms with Gasteiger partial charge in [-0.2, -0.15) is 0 Å². The zero-order chi connectivity index (χ0) is 22.2. The molecule has 1 N–H and O–H groups in total. The van der Waals surface area contributed by atoms with Gasteiger partial charge in [0.05, 0.1) is 11.6 Å². The number of halogens is 1. The fourth-order valence-electron chi connectivity index (χ4n) is 3.95. The monoisotopic (exact) mass is 492 g/mol. The molecule has 0 saturated carbocycles. The van der Waals surface area contributed by atoms with Gasteiger partial charge in [-0.1, -0.05) is 34.1 Å². The van der Waals surface area contributed by atoms with Gasteiger partial charge < -0.3 is 19.5 Å². The number of aromatic nitrogens is 1. The smallest absolute Gasteiger partial charge is 0.295 e. The minimum Gasteiger partial charge on any atom is -0.507 e. The van der Waals surface area contributed by atoms with Crippen LogP contribution in [0.4, 0.5) is 0 Å². The van der Waals surface area contributed by atoms with E-state index in [2.05, 4.69) is 20.9 Å². The summed E-state index contributed by atoms with van der Waals surface area (Å²) in [5.41, 5.74) is 1.87. The lowest BCUT2D eigenvalue weighted by Crippen LogP contribution is -2.29. The molecule has 0 radical (unpaired) electrons. The highest BCUT2D eigenvalue weighted by Gasteiger charge is 2.46. The summed E-state index contributed by atoms with van der Waals surface area (Å²) in [5, 5.41) is 11.2. The topological polar surface area (TPSA) is 89.0 Å². The second kappa shape index (κ2) is 8.12. The second-order valence-corrected chi connectivity index (χ2v) is 8.33. The molecule has 0 unspecified atom stereocenters. The third-order valence-electron chi connectivity index (χ3n) is 5.43. The van der Waals surface area contributed by atoms with Gasteiger partial charge in [-0.3, -0.25) is 14.6 Å². The molecular weight excluding hydrogens is 476 g/mol. The maximum absolute atomic E-state index is 13.1. The Morgan fingerprint density at radius 3 is 2.72 bits per heavy atom. The van der Waals surface area contributed by atoms with E-state index in [0.29, 0.717) is 22.6 Å². The van der Waals surface area contributed by atoms with Crippen LogP contribution < -0.4 is 9.47 Å². The van der Waals surface area contributed by atoms with Crippen molar-refractivity contribution in [3.8, 4) is 11.5 Å². The molecule has 8 heteroatoms. The van der Waals surface area contributed by atoms with Crippen molar-refractivity contribution < 1.29 is 24.2 Å². The van der Waals surface area contributed by atoms with Crippen molar-refractivity contribution in [2.24, 2.45) is 0 Å². The summed E-state index contributed by atoms with van der Waals surface area (Å²) >= 11 is 3.45. The van der Waals surface area contributed by atoms with Gasteiger partial charge in [0.2, 0.25) is 6.79 Å². The first-order chi connectivity index (χ1) is 15.5. The summed E-state index contributed by atoms with van der Waals surface area (Å²) in [4.78, 5) is 31.8. The van der Waals surface area contributed by atoms with E-state index in [-0.39, 0.29) is 24.7 Å². The molecule has 0 bridgehead atoms. The summed E-state index contributed by atoms with van der Waals surface area (Å²) in [6, 6.07) is 15.1. The number of ether oxygens (including phenoxy) is 2. The van der Waals surface area contributed by atoms with E-state index >= 15 is 0 Å². The second-order valence-electron chi connectivity index (χ2n) is 7.41. The number of carbonyl (C=O) groups is 2. The van der Waals surface area contributed by atoms with Crippen LogP contribution in [0, 0.1) is 0 Å². The molecule has 32 heavy (non-hydrogen) atoms. The molecule has 7 nitrogen and oxygen atoms in total. The summed E-state index contributed by atoms with van der Waals surface area (Å²) in [7, 11) is 0. The Morgan fingerprint density at radius 2 is 1.94 bits per heavy atom. The number of amides is 1. The van der Waals surface area contributed by atoms with Crippen LogP contribution in [0.5, 0.6) is 11.5 Å². The lowest BCUT2D eigenvalue weighted by atomic mass is 9.95. The fourth-order valence-corrected chi connectivity index (χ4v) is 4.37. The Bertz CT molecular complexity index is 1260. The standard InChI is InChI=1S/C24H17BrN2O5/c25-17-5-1-4-15(9-17)21-20(22(28)16-6-7-18-19(10-16)32-13-31-18)23(29)24(30)27(21)12-14-3-2-8-26-11-14/h1-11,21,28H,12-13H2/t21-/m0/s1. The van der Waals surface area contributed by atoms with Gasteiger partial charge in [-0.05, 0) is 47.5 Å². The minimum atomic E-state index is -0.766. The molecule has 1 atom stereocenters. The highest BCUT2D eigenvalue weighted by Crippen LogP contribution is 2.42. The molecule has 5 rings (SSSR count). The van der Waals surface area contributed by atoms with Gasteiger partial charge in [0.15, 0.2) is 11.5 Å². The average Bonchev–Trinajstić information content (AvgIpc) is 3.37. The summed E-state index contributed by atoms with van der Waals surface area (Å²) in [6.45, 7) is 0.264. The van der Waals surface area contributed by atoms with Crippen molar-refractivity contribution in [2.75, 3.05) is 6.79 Å². The number of rotatable bonds is 4. The van der Waals surface area contributed by atoms with Crippen LogP contribution in [-0.2, 0) is 16.1 Å². The van der Waals surface area contributed by atoms with Crippen LogP contribution in [0.1, 0.15) is 22.7 Å². The first-order valence-electron chi connectivity index (χ1n) is 9.86. The SMILES string of the molecule is O=C1C(=O)N(Cc2cccnc2)[C@@H](c2cccc(Br)c2)C1=C(O)c1ccc2c(c1)OCO2. The number of nitrogens with zero attached hydrogens (tertiary/aromatic N) is 2. The zero-order valence-corrected chi connectivity index (χ0v) is 18.3. The van der Waals surface area contributed by atoms with Crippen LogP contribution in [0.15, 0.2) is 77.0 Å². The van der Waals surface area contributed by atoms with E-state index < -0.39 is 17.7 Å². The molecule has 1 amide bonds. The number of ketones is 1. The Labute approximate surface area is 192 Å². The number of likely N-dealkylation sites (tertiary alicyclic amines) is 1. The van der Waals surface area contributed by atoms with Crippen molar-refractivity contribution >= 4 is 33.4 Å². The Morgan fingerprint density at radius 1 is 1.09 bits per heavy atom. The molecule has 2 aromatic carbocycles. The maximum Gasteiger partial charge on any atom is 0.295 e. The lowest BCUT2D eigenvalue weighted by Gasteiger charge is -2.25. The molecule has 0 spiro atoms. The minimum absolute atomic E-state index is 0.0239. The Kier molecular flexibility index (Phi) is 5.14. The summed E-state index contributed by atoms with van der Waals surface area (Å²) in [5.74, 6) is -0.657. The predicted molar refractivity (Wildman–Crippen MR) is 119 cm³/mol. The number of pyridine rings is 1. The molecule has 160 valence electrons. The highest BCUT2D eigenvalue weighted by molar-refractivity contribution is 9.10. The summed E-state index contributed by atoms with van der Waals surface area (Å²) in [6.07, 6.45) is 3.29. The number of hydrogen-bond donors (Lipinski definition) is 1. The average molecular weight is 493 g/mol. The largest absolute Gasteiger partial charge is 0.507 e. The molecule has 3 heterocycles. The van der Waals surface area contributed by atoms with E-state index in [9.17, 15) is 14.7 Å². The maximum atomic E-state index is 13.1. The van der Waals surface area contributed by atoms with Gasteiger partial charge in [0, 0.05) is 29.0 Å². The van der Waals surface area contributed by atoms with Crippen LogP contribution in [0.25, 0.3) is 5.76 Å². The van der Waals surface area contributed by atoms with E-state index in [1.807, 2.05) is 30.3 Å². The van der Waals surface area contributed by atoms with Crippen molar-refractivity contribution in [2.45, 2.75) is 12.6 Å². The molecule has 1 aromatic heterocycles. The normalized spacial score (nSPS) is 18.9. The lowest BCUT2D eigenvalue weighted by molar-refractivity contribution is -0.140. The molecule has 1 fully saturated rings. The quantitative estimate of drug-likeness (QED) is 0.333. The Balaban J connectivity index is 1.65. The van der Waals surface area contributed by atoms with Crippen molar-refractivity contribution in [3.05, 3.63) is 93.7 Å². The fraction of sp³-hybridized carbons (Fsp3) is 0.125. The number of aliphatic hydroxyl groups excluding tert-OH is 1. The van der Waals surface area contributed by atoms with Crippen LogP contribution in [0.3, 0.4) is 0 Å². The number of carbonyl (C=O) groups excluding carboxylic acids is 2. The molecule has 1 saturated heterocycles. The van der Waals surface area contributed by atoms with E-state index in [4.69, 9.17) is 9.47 Å². The first kappa shape index (κ1) is 20.3. The van der Waals surface area contributed by atoms with Gasteiger partial charge in [0.25, 0.3) is 11.7 Å². The van der Waals surface area contributed by atoms with Crippen molar-refractivity contribution in [1.29, 1.82) is 0 Å². The first-order valence-corrected chi connectivity index (χ1v) is 10.6. The molecule has 2 aliphatic heterocycles. The van der Waals surface area contributed by atoms with Gasteiger partial charge in [-0.25, -0.2) is 0 Å². The van der Waals surface area contributed by atoms with E-state index in [1.165, 1.54) is 4.90 Å². The van der Waals surface area contributed by atoms with Crippen molar-refractivity contribution in [1.82, 2.24) is 9.88 Å². The van der Waals surface area contributed by atoms with Gasteiger partial charge in [-0.15, -0.1) is 0 Å². The van der Waals surface area contributed by atoms with Crippen LogP contribution in [-0.4, -0.2) is 33.5 Å². The molecule has 3 aromatic rings. The molecule has 0 aliphatic carbocycles. The zero-order valence-electron chi connectivity index (χ0n) is 16.7. The number of Topliss-reactive ketones (excluding diaryl/α,β-unsaturated/α-hetero) is 1. The summed E-state index contributed by atoms with van der Waals surface area (Å²) < 4.78 is 11.5. The van der Waals surface area contributed by atoms with Crippen LogP contribution >= 0.6 is 15.9 Å². The van der Waals surface area contributed by atoms with Gasteiger partial charge >= 0.3 is 0 Å². The predicted octanol–water partition coefficient (Wildman–Crippen LogP) is 4.19. The molecular formula is C24H17BrN2O5. The number of hydrogen-bond acceptors (Lipinski definition) is 6. The third kappa shape index (κ3) is 3.52. The van der Waals surface area contributed by atoms with Crippen molar-refractivity contribution in [3.63, 3.8) is 0 Å². The van der Waals surface area contributed by atoms with E-state index in [1.54, 1.807) is 36.7 Å².